The molecule has 8 heteroatoms. The minimum absolute atomic E-state index is 0.270. The second-order valence-corrected chi connectivity index (χ2v) is 8.16. The Morgan fingerprint density at radius 1 is 1.19 bits per heavy atom. The Balaban J connectivity index is 1.84. The Bertz CT molecular complexity index is 999. The van der Waals surface area contributed by atoms with E-state index in [1.807, 2.05) is 6.92 Å². The van der Waals surface area contributed by atoms with Crippen molar-refractivity contribution >= 4 is 33.1 Å². The number of anilines is 2. The van der Waals surface area contributed by atoms with Crippen molar-refractivity contribution in [3.63, 3.8) is 0 Å². The fourth-order valence-corrected chi connectivity index (χ4v) is 3.47. The van der Waals surface area contributed by atoms with Crippen molar-refractivity contribution in [1.29, 1.82) is 0 Å². The fourth-order valence-electron chi connectivity index (χ4n) is 2.91. The van der Waals surface area contributed by atoms with Gasteiger partial charge in [-0.15, -0.1) is 0 Å². The Morgan fingerprint density at radius 3 is 2.46 bits per heavy atom. The molecule has 0 saturated heterocycles. The fraction of sp³-hybridized carbons (Fsp3) is 0.222. The van der Waals surface area contributed by atoms with Crippen LogP contribution in [0.25, 0.3) is 0 Å². The number of ketones is 1. The largest absolute Gasteiger partial charge is 0.375 e. The number of amides is 1. The van der Waals surface area contributed by atoms with Gasteiger partial charge in [-0.3, -0.25) is 14.3 Å². The van der Waals surface area contributed by atoms with Crippen molar-refractivity contribution in [2.24, 2.45) is 0 Å². The summed E-state index contributed by atoms with van der Waals surface area (Å²) < 4.78 is 24.7. The average molecular weight is 374 g/mol. The number of sulfonamides is 1. The Kier molecular flexibility index (Phi) is 4.33. The van der Waals surface area contributed by atoms with E-state index in [0.29, 0.717) is 16.9 Å². The number of nitrogens with one attached hydrogen (secondary N) is 2. The second-order valence-electron chi connectivity index (χ2n) is 6.41. The van der Waals surface area contributed by atoms with Gasteiger partial charge in [0.25, 0.3) is 5.91 Å². The van der Waals surface area contributed by atoms with Gasteiger partial charge in [0.15, 0.2) is 11.4 Å². The first-order valence-corrected chi connectivity index (χ1v) is 9.74. The first-order valence-electron chi connectivity index (χ1n) is 7.84. The van der Waals surface area contributed by atoms with Crippen LogP contribution in [0.2, 0.25) is 0 Å². The zero-order valence-electron chi connectivity index (χ0n) is 14.2. The average Bonchev–Trinajstić information content (AvgIpc) is 2.78. The number of fused-ring (bicyclic) bond motifs is 1. The van der Waals surface area contributed by atoms with E-state index in [2.05, 4.69) is 10.0 Å². The third-order valence-corrected chi connectivity index (χ3v) is 4.78. The maximum atomic E-state index is 12.6. The topological polar surface area (TPSA) is 113 Å². The van der Waals surface area contributed by atoms with Gasteiger partial charge in [0.05, 0.1) is 12.7 Å². The summed E-state index contributed by atoms with van der Waals surface area (Å²) in [5, 5.41) is 13.4. The van der Waals surface area contributed by atoms with Gasteiger partial charge >= 0.3 is 0 Å². The van der Waals surface area contributed by atoms with E-state index in [4.69, 9.17) is 0 Å². The number of hydrogen-bond acceptors (Lipinski definition) is 5. The van der Waals surface area contributed by atoms with Gasteiger partial charge in [0.1, 0.15) is 0 Å². The van der Waals surface area contributed by atoms with Crippen LogP contribution in [0.3, 0.4) is 0 Å². The number of benzene rings is 2. The monoisotopic (exact) mass is 374 g/mol. The molecule has 0 saturated carbocycles. The van der Waals surface area contributed by atoms with Crippen molar-refractivity contribution in [2.75, 3.05) is 16.3 Å². The van der Waals surface area contributed by atoms with Crippen LogP contribution in [-0.2, 0) is 20.4 Å². The number of aryl methyl sites for hydroxylation is 1. The summed E-state index contributed by atoms with van der Waals surface area (Å²) in [6.07, 6.45) is 0.619. The maximum absolute atomic E-state index is 12.6. The molecule has 3 rings (SSSR count). The van der Waals surface area contributed by atoms with Gasteiger partial charge in [-0.1, -0.05) is 17.7 Å². The van der Waals surface area contributed by atoms with E-state index < -0.39 is 33.7 Å². The zero-order chi connectivity index (χ0) is 19.1. The first-order chi connectivity index (χ1) is 12.1. The van der Waals surface area contributed by atoms with Gasteiger partial charge in [-0.05, 0) is 37.3 Å². The summed E-state index contributed by atoms with van der Waals surface area (Å²) in [5.41, 5.74) is 0.396. The highest BCUT2D eigenvalue weighted by molar-refractivity contribution is 7.92. The van der Waals surface area contributed by atoms with Gasteiger partial charge in [-0.2, -0.15) is 0 Å². The Morgan fingerprint density at radius 2 is 1.85 bits per heavy atom. The van der Waals surface area contributed by atoms with E-state index in [1.54, 1.807) is 18.2 Å². The van der Waals surface area contributed by atoms with E-state index >= 15 is 0 Å². The number of carbonyl (C=O) groups excluding carboxylic acids is 2. The van der Waals surface area contributed by atoms with Crippen LogP contribution in [0.15, 0.2) is 42.5 Å². The summed E-state index contributed by atoms with van der Waals surface area (Å²) in [6, 6.07) is 11.0. The van der Waals surface area contributed by atoms with Gasteiger partial charge in [0, 0.05) is 22.5 Å². The van der Waals surface area contributed by atoms with Crippen molar-refractivity contribution in [2.45, 2.75) is 18.9 Å². The highest BCUT2D eigenvalue weighted by Gasteiger charge is 2.46. The highest BCUT2D eigenvalue weighted by Crippen LogP contribution is 2.39. The molecule has 0 radical (unpaired) electrons. The summed E-state index contributed by atoms with van der Waals surface area (Å²) in [4.78, 5) is 24.8. The van der Waals surface area contributed by atoms with Crippen LogP contribution in [0, 0.1) is 6.92 Å². The molecular weight excluding hydrogens is 356 g/mol. The van der Waals surface area contributed by atoms with Gasteiger partial charge < -0.3 is 10.4 Å². The molecule has 0 bridgehead atoms. The molecule has 136 valence electrons. The zero-order valence-corrected chi connectivity index (χ0v) is 15.1. The lowest BCUT2D eigenvalue weighted by Gasteiger charge is -2.20. The van der Waals surface area contributed by atoms with Crippen molar-refractivity contribution < 1.29 is 23.1 Å². The van der Waals surface area contributed by atoms with Crippen LogP contribution >= 0.6 is 0 Å². The van der Waals surface area contributed by atoms with E-state index in [0.717, 1.165) is 11.8 Å². The molecule has 1 heterocycles. The lowest BCUT2D eigenvalue weighted by molar-refractivity contribution is -0.133. The molecule has 0 fully saturated rings. The van der Waals surface area contributed by atoms with E-state index in [-0.39, 0.29) is 5.56 Å². The second kappa shape index (κ2) is 6.22. The number of carbonyl (C=O) groups is 2. The normalized spacial score (nSPS) is 19.0. The molecule has 1 atom stereocenters. The minimum atomic E-state index is -3.41. The van der Waals surface area contributed by atoms with Crippen molar-refractivity contribution in [1.82, 2.24) is 0 Å². The molecule has 0 aromatic heterocycles. The van der Waals surface area contributed by atoms with Crippen molar-refractivity contribution in [3.05, 3.63) is 59.2 Å². The smallest absolute Gasteiger partial charge is 0.261 e. The lowest BCUT2D eigenvalue weighted by atomic mass is 9.87. The lowest BCUT2D eigenvalue weighted by Crippen LogP contribution is -2.36. The van der Waals surface area contributed by atoms with Crippen LogP contribution in [-0.4, -0.2) is 31.5 Å². The summed E-state index contributed by atoms with van der Waals surface area (Å²) in [6.45, 7) is 1.83. The summed E-state index contributed by atoms with van der Waals surface area (Å²) in [7, 11) is -3.41. The number of aliphatic hydroxyl groups is 1. The minimum Gasteiger partial charge on any atom is -0.375 e. The molecular formula is C18H18N2O5S. The van der Waals surface area contributed by atoms with E-state index in [1.165, 1.54) is 24.3 Å². The predicted octanol–water partition coefficient (Wildman–Crippen LogP) is 1.78. The third kappa shape index (κ3) is 3.47. The molecule has 3 N–H and O–H groups in total. The quantitative estimate of drug-likeness (QED) is 0.691. The molecule has 1 amide bonds. The van der Waals surface area contributed by atoms with Crippen LogP contribution in [0.4, 0.5) is 11.4 Å². The summed E-state index contributed by atoms with van der Waals surface area (Å²) in [5.74, 6) is -1.07. The molecule has 26 heavy (non-hydrogen) atoms. The molecule has 2 aromatic carbocycles. The Labute approximate surface area is 151 Å². The highest BCUT2D eigenvalue weighted by atomic mass is 32.2. The summed E-state index contributed by atoms with van der Waals surface area (Å²) >= 11 is 0. The number of Topliss-reactive ketones (excluding diaryl/α,β-unsaturated/α-hetero) is 1. The predicted molar refractivity (Wildman–Crippen MR) is 97.6 cm³/mol. The van der Waals surface area contributed by atoms with Gasteiger partial charge in [0.2, 0.25) is 10.0 Å². The molecule has 0 unspecified atom stereocenters. The third-order valence-electron chi connectivity index (χ3n) is 4.17. The van der Waals surface area contributed by atoms with Crippen LogP contribution in [0.1, 0.15) is 27.9 Å². The van der Waals surface area contributed by atoms with Crippen LogP contribution in [0.5, 0.6) is 0 Å². The molecule has 2 aromatic rings. The molecule has 0 aliphatic carbocycles. The molecule has 7 nitrogen and oxygen atoms in total. The maximum Gasteiger partial charge on any atom is 0.261 e. The molecule has 1 aliphatic rings. The first kappa shape index (κ1) is 18.1. The Hall–Kier alpha value is -2.71. The van der Waals surface area contributed by atoms with Crippen LogP contribution < -0.4 is 10.0 Å². The van der Waals surface area contributed by atoms with Gasteiger partial charge in [-0.25, -0.2) is 8.42 Å². The molecule has 0 spiro atoms. The van der Waals surface area contributed by atoms with Crippen molar-refractivity contribution in [3.8, 4) is 0 Å². The SMILES string of the molecule is Cc1ccc2c(c1)[C@](O)(CC(=O)c1ccc(NS(C)(=O)=O)cc1)C(=O)N2. The standard InChI is InChI=1S/C18H18N2O5S/c1-11-3-8-15-14(9-11)18(23,17(22)19-15)10-16(21)12-4-6-13(7-5-12)20-26(2,24)25/h3-9,20,23H,10H2,1-2H3,(H,19,22)/t18-/m1/s1. The number of rotatable bonds is 5. The van der Waals surface area contributed by atoms with E-state index in [9.17, 15) is 23.1 Å². The number of hydrogen-bond donors (Lipinski definition) is 3. The molecule has 1 aliphatic heterocycles.